The number of ether oxygens (including phenoxy) is 1. The fourth-order valence-electron chi connectivity index (χ4n) is 4.35. The Balaban J connectivity index is 1.38. The van der Waals surface area contributed by atoms with Gasteiger partial charge in [0.15, 0.2) is 0 Å². The maximum atomic E-state index is 10.7. The van der Waals surface area contributed by atoms with Crippen LogP contribution < -0.4 is 9.80 Å². The first-order chi connectivity index (χ1) is 12.6. The van der Waals surface area contributed by atoms with E-state index >= 15 is 0 Å². The van der Waals surface area contributed by atoms with E-state index in [1.807, 2.05) is 6.92 Å². The second-order valence-electron chi connectivity index (χ2n) is 7.96. The molecule has 4 rings (SSSR count). The Kier molecular flexibility index (Phi) is 5.29. The lowest BCUT2D eigenvalue weighted by Gasteiger charge is -2.39. The van der Waals surface area contributed by atoms with Crippen LogP contribution >= 0.6 is 0 Å². The van der Waals surface area contributed by atoms with Gasteiger partial charge in [-0.15, -0.1) is 0 Å². The molecule has 0 bridgehead atoms. The molecule has 0 spiro atoms. The number of rotatable bonds is 4. The summed E-state index contributed by atoms with van der Waals surface area (Å²) in [6, 6.07) is 2.09. The van der Waals surface area contributed by atoms with Gasteiger partial charge < -0.3 is 19.6 Å². The van der Waals surface area contributed by atoms with Crippen molar-refractivity contribution in [2.75, 3.05) is 68.8 Å². The van der Waals surface area contributed by atoms with E-state index in [0.717, 1.165) is 89.3 Å². The third-order valence-corrected chi connectivity index (χ3v) is 5.87. The van der Waals surface area contributed by atoms with Crippen LogP contribution in [0, 0.1) is 6.92 Å². The highest BCUT2D eigenvalue weighted by Crippen LogP contribution is 2.30. The molecule has 0 aromatic carbocycles. The zero-order valence-electron chi connectivity index (χ0n) is 15.9. The second kappa shape index (κ2) is 7.66. The topological polar surface area (TPSA) is 65.0 Å². The van der Waals surface area contributed by atoms with Gasteiger partial charge in [0, 0.05) is 57.6 Å². The van der Waals surface area contributed by atoms with Crippen LogP contribution in [0.15, 0.2) is 6.07 Å². The predicted molar refractivity (Wildman–Crippen MR) is 102 cm³/mol. The molecule has 0 unspecified atom stereocenters. The number of anilines is 2. The number of morpholine rings is 1. The van der Waals surface area contributed by atoms with Crippen LogP contribution in [-0.4, -0.2) is 84.6 Å². The summed E-state index contributed by atoms with van der Waals surface area (Å²) in [4.78, 5) is 16.5. The van der Waals surface area contributed by atoms with Gasteiger partial charge in [0.05, 0.1) is 18.8 Å². The molecule has 1 aromatic heterocycles. The molecule has 2 aliphatic heterocycles. The monoisotopic (exact) mass is 361 g/mol. The molecule has 7 nitrogen and oxygen atoms in total. The van der Waals surface area contributed by atoms with Gasteiger partial charge in [0.1, 0.15) is 5.82 Å². The van der Waals surface area contributed by atoms with E-state index in [4.69, 9.17) is 9.72 Å². The first-order valence-corrected chi connectivity index (χ1v) is 9.99. The van der Waals surface area contributed by atoms with Gasteiger partial charge in [-0.05, 0) is 19.8 Å². The molecule has 0 atom stereocenters. The molecule has 0 amide bonds. The number of nitrogens with zero attached hydrogens (tertiary/aromatic N) is 5. The Labute approximate surface area is 156 Å². The molecule has 3 heterocycles. The van der Waals surface area contributed by atoms with Crippen molar-refractivity contribution in [3.05, 3.63) is 11.8 Å². The van der Waals surface area contributed by atoms with Gasteiger partial charge in [-0.25, -0.2) is 4.98 Å². The minimum absolute atomic E-state index is 0.447. The highest BCUT2D eigenvalue weighted by molar-refractivity contribution is 5.46. The molecule has 2 saturated heterocycles. The largest absolute Gasteiger partial charge is 0.389 e. The minimum Gasteiger partial charge on any atom is -0.389 e. The van der Waals surface area contributed by atoms with E-state index in [0.29, 0.717) is 0 Å². The molecule has 3 fully saturated rings. The number of aromatic nitrogens is 2. The van der Waals surface area contributed by atoms with Crippen molar-refractivity contribution >= 4 is 11.8 Å². The van der Waals surface area contributed by atoms with Crippen molar-refractivity contribution in [1.29, 1.82) is 0 Å². The molecule has 0 radical (unpaired) electrons. The molecule has 7 heteroatoms. The quantitative estimate of drug-likeness (QED) is 0.860. The molecule has 3 aliphatic rings. The Morgan fingerprint density at radius 1 is 1.00 bits per heavy atom. The van der Waals surface area contributed by atoms with Crippen LogP contribution in [0.25, 0.3) is 0 Å². The average Bonchev–Trinajstić information content (AvgIpc) is 3.08. The summed E-state index contributed by atoms with van der Waals surface area (Å²) in [6.45, 7) is 9.94. The number of β-amino-alcohol motifs (C(OH)–C–C–N with tert-alkyl or cyclic N) is 1. The minimum atomic E-state index is -0.447. The summed E-state index contributed by atoms with van der Waals surface area (Å²) in [5, 5.41) is 10.7. The molecular weight excluding hydrogens is 330 g/mol. The molecule has 1 aliphatic carbocycles. The standard InChI is InChI=1S/C19H31N5O2/c1-16-14-17(21-18(20-16)24-10-12-26-13-11-24)23-8-6-22(7-9-23)15-19(25)4-2-3-5-19/h14,25H,2-13,15H2,1H3. The van der Waals surface area contributed by atoms with Crippen LogP contribution in [0.4, 0.5) is 11.8 Å². The van der Waals surface area contributed by atoms with Gasteiger partial charge in [-0.2, -0.15) is 4.98 Å². The maximum absolute atomic E-state index is 10.7. The normalized spacial score (nSPS) is 24.2. The summed E-state index contributed by atoms with van der Waals surface area (Å²) < 4.78 is 5.44. The number of hydrogen-bond donors (Lipinski definition) is 1. The maximum Gasteiger partial charge on any atom is 0.227 e. The smallest absolute Gasteiger partial charge is 0.227 e. The number of hydrogen-bond acceptors (Lipinski definition) is 7. The Bertz CT molecular complexity index is 606. The second-order valence-corrected chi connectivity index (χ2v) is 7.96. The third-order valence-electron chi connectivity index (χ3n) is 5.87. The predicted octanol–water partition coefficient (Wildman–Crippen LogP) is 1.05. The molecule has 1 saturated carbocycles. The zero-order valence-corrected chi connectivity index (χ0v) is 15.9. The van der Waals surface area contributed by atoms with Gasteiger partial charge in [-0.1, -0.05) is 12.8 Å². The van der Waals surface area contributed by atoms with Crippen LogP contribution in [-0.2, 0) is 4.74 Å². The van der Waals surface area contributed by atoms with Crippen molar-refractivity contribution in [2.24, 2.45) is 0 Å². The van der Waals surface area contributed by atoms with Gasteiger partial charge in [0.25, 0.3) is 0 Å². The number of aryl methyl sites for hydroxylation is 1. The van der Waals surface area contributed by atoms with E-state index in [-0.39, 0.29) is 0 Å². The summed E-state index contributed by atoms with van der Waals surface area (Å²) in [5.41, 5.74) is 0.566. The van der Waals surface area contributed by atoms with Crippen molar-refractivity contribution in [1.82, 2.24) is 14.9 Å². The molecule has 144 valence electrons. The number of aliphatic hydroxyl groups is 1. The van der Waals surface area contributed by atoms with Crippen molar-refractivity contribution in [3.8, 4) is 0 Å². The first kappa shape index (κ1) is 17.9. The highest BCUT2D eigenvalue weighted by atomic mass is 16.5. The lowest BCUT2D eigenvalue weighted by molar-refractivity contribution is 0.00799. The fourth-order valence-corrected chi connectivity index (χ4v) is 4.35. The van der Waals surface area contributed by atoms with Gasteiger partial charge in [-0.3, -0.25) is 4.90 Å². The fraction of sp³-hybridized carbons (Fsp3) is 0.789. The van der Waals surface area contributed by atoms with E-state index in [9.17, 15) is 5.11 Å². The van der Waals surface area contributed by atoms with Crippen molar-refractivity contribution in [3.63, 3.8) is 0 Å². The summed E-state index contributed by atoms with van der Waals surface area (Å²) in [7, 11) is 0. The van der Waals surface area contributed by atoms with Crippen LogP contribution in [0.2, 0.25) is 0 Å². The Morgan fingerprint density at radius 2 is 1.69 bits per heavy atom. The number of piperazine rings is 1. The SMILES string of the molecule is Cc1cc(N2CCN(CC3(O)CCCC3)CC2)nc(N2CCOCC2)n1. The van der Waals surface area contributed by atoms with Crippen molar-refractivity contribution < 1.29 is 9.84 Å². The van der Waals surface area contributed by atoms with E-state index in [2.05, 4.69) is 25.8 Å². The van der Waals surface area contributed by atoms with E-state index < -0.39 is 5.60 Å². The van der Waals surface area contributed by atoms with E-state index in [1.165, 1.54) is 12.8 Å². The Morgan fingerprint density at radius 3 is 2.38 bits per heavy atom. The lowest BCUT2D eigenvalue weighted by Crippen LogP contribution is -2.51. The zero-order chi connectivity index (χ0) is 18.0. The first-order valence-electron chi connectivity index (χ1n) is 9.99. The highest BCUT2D eigenvalue weighted by Gasteiger charge is 2.34. The van der Waals surface area contributed by atoms with Crippen LogP contribution in [0.5, 0.6) is 0 Å². The van der Waals surface area contributed by atoms with E-state index in [1.54, 1.807) is 0 Å². The lowest BCUT2D eigenvalue weighted by atomic mass is 10.0. The third kappa shape index (κ3) is 4.10. The van der Waals surface area contributed by atoms with Crippen LogP contribution in [0.1, 0.15) is 31.4 Å². The molecule has 1 N–H and O–H groups in total. The molecular formula is C19H31N5O2. The van der Waals surface area contributed by atoms with Crippen molar-refractivity contribution in [2.45, 2.75) is 38.2 Å². The summed E-state index contributed by atoms with van der Waals surface area (Å²) in [6.07, 6.45) is 4.25. The average molecular weight is 361 g/mol. The van der Waals surface area contributed by atoms with Crippen LogP contribution in [0.3, 0.4) is 0 Å². The molecule has 26 heavy (non-hydrogen) atoms. The molecule has 1 aromatic rings. The summed E-state index contributed by atoms with van der Waals surface area (Å²) in [5.74, 6) is 1.85. The summed E-state index contributed by atoms with van der Waals surface area (Å²) >= 11 is 0. The van der Waals surface area contributed by atoms with Gasteiger partial charge in [0.2, 0.25) is 5.95 Å². The van der Waals surface area contributed by atoms with Gasteiger partial charge >= 0.3 is 0 Å². The Hall–Kier alpha value is -1.44.